The van der Waals surface area contributed by atoms with E-state index in [2.05, 4.69) is 20.6 Å². The first-order valence-electron chi connectivity index (χ1n) is 8.28. The molecule has 0 unspecified atom stereocenters. The number of carbonyl (C=O) groups is 1. The second-order valence-electron chi connectivity index (χ2n) is 5.63. The molecule has 3 aromatic rings. The number of ether oxygens (including phenoxy) is 1. The van der Waals surface area contributed by atoms with Crippen molar-refractivity contribution in [3.8, 4) is 5.75 Å². The van der Waals surface area contributed by atoms with Crippen LogP contribution in [-0.2, 0) is 17.8 Å². The van der Waals surface area contributed by atoms with Gasteiger partial charge in [0.25, 0.3) is 0 Å². The van der Waals surface area contributed by atoms with Crippen molar-refractivity contribution < 1.29 is 9.53 Å². The molecule has 2 heterocycles. The minimum atomic E-state index is -0.0349. The van der Waals surface area contributed by atoms with Gasteiger partial charge in [0.1, 0.15) is 6.61 Å². The lowest BCUT2D eigenvalue weighted by Gasteiger charge is -2.10. The van der Waals surface area contributed by atoms with Gasteiger partial charge in [0.2, 0.25) is 5.91 Å². The van der Waals surface area contributed by atoms with Gasteiger partial charge in [-0.2, -0.15) is 0 Å². The van der Waals surface area contributed by atoms with Gasteiger partial charge in [0, 0.05) is 31.5 Å². The Labute approximate surface area is 156 Å². The van der Waals surface area contributed by atoms with Gasteiger partial charge < -0.3 is 15.4 Å². The fourth-order valence-electron chi connectivity index (χ4n) is 2.28. The van der Waals surface area contributed by atoms with Crippen molar-refractivity contribution in [2.75, 3.05) is 11.9 Å². The van der Waals surface area contributed by atoms with Crippen LogP contribution in [0.25, 0.3) is 0 Å². The molecule has 0 saturated carbocycles. The number of nitrogens with one attached hydrogen (secondary N) is 2. The summed E-state index contributed by atoms with van der Waals surface area (Å²) in [5.41, 5.74) is 2.02. The van der Waals surface area contributed by atoms with E-state index in [0.717, 1.165) is 16.4 Å². The molecule has 1 amide bonds. The minimum absolute atomic E-state index is 0.0349. The monoisotopic (exact) mass is 368 g/mol. The molecule has 0 aliphatic carbocycles. The van der Waals surface area contributed by atoms with Crippen molar-refractivity contribution in [1.29, 1.82) is 0 Å². The lowest BCUT2D eigenvalue weighted by atomic mass is 10.2. The van der Waals surface area contributed by atoms with Crippen molar-refractivity contribution in [2.24, 2.45) is 0 Å². The van der Waals surface area contributed by atoms with Crippen molar-refractivity contribution in [2.45, 2.75) is 20.0 Å². The zero-order valence-corrected chi connectivity index (χ0v) is 15.3. The first kappa shape index (κ1) is 17.9. The zero-order chi connectivity index (χ0) is 18.2. The first-order chi connectivity index (χ1) is 12.7. The lowest BCUT2D eigenvalue weighted by molar-refractivity contribution is -0.118. The van der Waals surface area contributed by atoms with Gasteiger partial charge in [-0.3, -0.25) is 4.79 Å². The van der Waals surface area contributed by atoms with Crippen molar-refractivity contribution in [3.05, 3.63) is 65.3 Å². The van der Waals surface area contributed by atoms with Crippen molar-refractivity contribution in [1.82, 2.24) is 15.3 Å². The molecule has 0 spiro atoms. The summed E-state index contributed by atoms with van der Waals surface area (Å²) in [7, 11) is 0. The number of carbonyl (C=O) groups excluding carboxylic acids is 1. The van der Waals surface area contributed by atoms with Gasteiger partial charge in [-0.1, -0.05) is 30.3 Å². The van der Waals surface area contributed by atoms with Crippen LogP contribution in [0.15, 0.2) is 54.0 Å². The molecular formula is C19H20N4O2S. The van der Waals surface area contributed by atoms with Crippen LogP contribution in [-0.4, -0.2) is 22.4 Å². The van der Waals surface area contributed by atoms with E-state index in [1.165, 1.54) is 18.3 Å². The predicted octanol–water partition coefficient (Wildman–Crippen LogP) is 3.54. The summed E-state index contributed by atoms with van der Waals surface area (Å²) in [6.07, 6.45) is 2.40. The normalized spacial score (nSPS) is 10.3. The zero-order valence-electron chi connectivity index (χ0n) is 14.4. The maximum atomic E-state index is 10.9. The predicted molar refractivity (Wildman–Crippen MR) is 103 cm³/mol. The standard InChI is InChI=1S/C19H20N4O2S/c1-14(24)20-11-9-16-13-26-19(22-16)23-18-17(8-5-10-21-18)25-12-15-6-3-2-4-7-15/h2-8,10,13H,9,11-12H2,1H3,(H,20,24)(H,21,22,23). The van der Waals surface area contributed by atoms with E-state index in [1.54, 1.807) is 6.20 Å². The number of nitrogens with zero attached hydrogens (tertiary/aromatic N) is 2. The molecule has 6 nitrogen and oxygen atoms in total. The third-order valence-electron chi connectivity index (χ3n) is 3.54. The number of anilines is 2. The molecule has 0 bridgehead atoms. The fourth-order valence-corrected chi connectivity index (χ4v) is 3.03. The van der Waals surface area contributed by atoms with Crippen LogP contribution in [0.2, 0.25) is 0 Å². The van der Waals surface area contributed by atoms with Gasteiger partial charge in [-0.15, -0.1) is 11.3 Å². The van der Waals surface area contributed by atoms with E-state index < -0.39 is 0 Å². The summed E-state index contributed by atoms with van der Waals surface area (Å²) < 4.78 is 5.90. The molecule has 0 fully saturated rings. The highest BCUT2D eigenvalue weighted by Crippen LogP contribution is 2.27. The van der Waals surface area contributed by atoms with E-state index in [0.29, 0.717) is 31.1 Å². The number of hydrogen-bond acceptors (Lipinski definition) is 6. The Hall–Kier alpha value is -2.93. The van der Waals surface area contributed by atoms with Crippen LogP contribution in [0, 0.1) is 0 Å². The SMILES string of the molecule is CC(=O)NCCc1csc(Nc2ncccc2OCc2ccccc2)n1. The van der Waals surface area contributed by atoms with Crippen LogP contribution in [0.4, 0.5) is 10.9 Å². The second kappa shape index (κ2) is 8.96. The van der Waals surface area contributed by atoms with E-state index >= 15 is 0 Å². The largest absolute Gasteiger partial charge is 0.485 e. The smallest absolute Gasteiger partial charge is 0.216 e. The topological polar surface area (TPSA) is 76.1 Å². The van der Waals surface area contributed by atoms with Gasteiger partial charge in [-0.25, -0.2) is 9.97 Å². The molecule has 0 radical (unpaired) electrons. The molecule has 3 rings (SSSR count). The Morgan fingerprint density at radius 1 is 1.19 bits per heavy atom. The van der Waals surface area contributed by atoms with Crippen LogP contribution in [0.3, 0.4) is 0 Å². The summed E-state index contributed by atoms with van der Waals surface area (Å²) in [4.78, 5) is 19.8. The molecule has 134 valence electrons. The summed E-state index contributed by atoms with van der Waals surface area (Å²) in [5, 5.41) is 8.69. The van der Waals surface area contributed by atoms with Gasteiger partial charge >= 0.3 is 0 Å². The average Bonchev–Trinajstić information content (AvgIpc) is 3.09. The number of rotatable bonds is 8. The highest BCUT2D eigenvalue weighted by Gasteiger charge is 2.08. The maximum absolute atomic E-state index is 10.9. The average molecular weight is 368 g/mol. The summed E-state index contributed by atoms with van der Waals surface area (Å²) in [6, 6.07) is 13.7. The van der Waals surface area contributed by atoms with Crippen molar-refractivity contribution >= 4 is 28.2 Å². The van der Waals surface area contributed by atoms with Gasteiger partial charge in [0.05, 0.1) is 5.69 Å². The minimum Gasteiger partial charge on any atom is -0.485 e. The molecule has 2 N–H and O–H groups in total. The quantitative estimate of drug-likeness (QED) is 0.636. The number of hydrogen-bond donors (Lipinski definition) is 2. The number of amides is 1. The van der Waals surface area contributed by atoms with E-state index in [9.17, 15) is 4.79 Å². The fraction of sp³-hybridized carbons (Fsp3) is 0.211. The van der Waals surface area contributed by atoms with Crippen LogP contribution in [0.1, 0.15) is 18.2 Å². The molecular weight excluding hydrogens is 348 g/mol. The first-order valence-corrected chi connectivity index (χ1v) is 9.16. The highest BCUT2D eigenvalue weighted by molar-refractivity contribution is 7.13. The van der Waals surface area contributed by atoms with E-state index in [1.807, 2.05) is 47.8 Å². The second-order valence-corrected chi connectivity index (χ2v) is 6.48. The summed E-state index contributed by atoms with van der Waals surface area (Å²) in [6.45, 7) is 2.56. The Kier molecular flexibility index (Phi) is 6.16. The Morgan fingerprint density at radius 2 is 2.04 bits per heavy atom. The van der Waals surface area contributed by atoms with Crippen molar-refractivity contribution in [3.63, 3.8) is 0 Å². The summed E-state index contributed by atoms with van der Waals surface area (Å²) in [5.74, 6) is 1.27. The number of thiazole rings is 1. The van der Waals surface area contributed by atoms with E-state index in [4.69, 9.17) is 4.74 Å². The van der Waals surface area contributed by atoms with Crippen LogP contribution in [0.5, 0.6) is 5.75 Å². The molecule has 1 aromatic carbocycles. The maximum Gasteiger partial charge on any atom is 0.216 e. The molecule has 2 aromatic heterocycles. The molecule has 0 aliphatic rings. The molecule has 7 heteroatoms. The third kappa shape index (κ3) is 5.29. The van der Waals surface area contributed by atoms with Gasteiger partial charge in [-0.05, 0) is 17.7 Å². The molecule has 0 aliphatic heterocycles. The Balaban J connectivity index is 1.61. The third-order valence-corrected chi connectivity index (χ3v) is 4.35. The van der Waals surface area contributed by atoms with Gasteiger partial charge in [0.15, 0.2) is 16.7 Å². The van der Waals surface area contributed by atoms with Crippen LogP contribution >= 0.6 is 11.3 Å². The highest BCUT2D eigenvalue weighted by atomic mass is 32.1. The Morgan fingerprint density at radius 3 is 2.85 bits per heavy atom. The molecule has 0 saturated heterocycles. The number of benzene rings is 1. The lowest BCUT2D eigenvalue weighted by Crippen LogP contribution is -2.22. The molecule has 26 heavy (non-hydrogen) atoms. The number of pyridine rings is 1. The number of aromatic nitrogens is 2. The van der Waals surface area contributed by atoms with E-state index in [-0.39, 0.29) is 5.91 Å². The molecule has 0 atom stereocenters. The summed E-state index contributed by atoms with van der Waals surface area (Å²) >= 11 is 1.50. The van der Waals surface area contributed by atoms with Crippen LogP contribution < -0.4 is 15.4 Å². The Bertz CT molecular complexity index is 852.